The van der Waals surface area contributed by atoms with Crippen LogP contribution in [0.5, 0.6) is 0 Å². The number of rotatable bonds is 3. The molecule has 1 aliphatic carbocycles. The van der Waals surface area contributed by atoms with Crippen LogP contribution in [-0.2, 0) is 7.05 Å². The van der Waals surface area contributed by atoms with Crippen molar-refractivity contribution in [2.45, 2.75) is 18.9 Å². The molecule has 0 bridgehead atoms. The van der Waals surface area contributed by atoms with Crippen LogP contribution in [0.2, 0.25) is 0 Å². The van der Waals surface area contributed by atoms with Crippen LogP contribution in [0.1, 0.15) is 12.8 Å². The lowest BCUT2D eigenvalue weighted by atomic mass is 9.96. The molecule has 3 atom stereocenters. The van der Waals surface area contributed by atoms with Gasteiger partial charge in [0.1, 0.15) is 0 Å². The fourth-order valence-corrected chi connectivity index (χ4v) is 4.80. The van der Waals surface area contributed by atoms with Gasteiger partial charge < -0.3 is 10.2 Å². The van der Waals surface area contributed by atoms with Crippen molar-refractivity contribution < 1.29 is 0 Å². The number of pyridine rings is 1. The zero-order chi connectivity index (χ0) is 17.0. The van der Waals surface area contributed by atoms with Crippen LogP contribution in [0.3, 0.4) is 0 Å². The first kappa shape index (κ1) is 15.0. The lowest BCUT2D eigenvalue weighted by Crippen LogP contribution is -2.37. The minimum atomic E-state index is 0.600. The summed E-state index contributed by atoms with van der Waals surface area (Å²) in [5.41, 5.74) is 4.72. The van der Waals surface area contributed by atoms with E-state index in [-0.39, 0.29) is 0 Å². The van der Waals surface area contributed by atoms with Crippen LogP contribution in [0, 0.1) is 11.8 Å². The molecule has 0 amide bonds. The van der Waals surface area contributed by atoms with Gasteiger partial charge >= 0.3 is 0 Å². The summed E-state index contributed by atoms with van der Waals surface area (Å²) < 4.78 is 3.84. The molecule has 6 nitrogen and oxygen atoms in total. The predicted octanol–water partition coefficient (Wildman–Crippen LogP) is 2.17. The van der Waals surface area contributed by atoms with Crippen LogP contribution in [-0.4, -0.2) is 45.6 Å². The number of hydrogen-bond acceptors (Lipinski definition) is 4. The smallest absolute Gasteiger partial charge is 0.0895 e. The van der Waals surface area contributed by atoms with E-state index in [1.165, 1.54) is 30.6 Å². The molecular weight excluding hydrogens is 312 g/mol. The average Bonchev–Trinajstić information content (AvgIpc) is 3.36. The Labute approximate surface area is 147 Å². The summed E-state index contributed by atoms with van der Waals surface area (Å²) in [4.78, 5) is 2.49. The van der Waals surface area contributed by atoms with Gasteiger partial charge in [-0.3, -0.25) is 4.68 Å². The standard InChI is InChI=1S/C19H24N6/c1-23-11-15(9-22-23)14-7-19(18-5-6-21-25(18)12-14)24(2)17-4-3-13-8-20-10-16(13)17/h5-7,9,11-13,16-17,20H,3-4,8,10H2,1-2H3. The Bertz CT molecular complexity index is 910. The molecular formula is C19H24N6. The van der Waals surface area contributed by atoms with Gasteiger partial charge in [-0.05, 0) is 43.4 Å². The van der Waals surface area contributed by atoms with Crippen molar-refractivity contribution >= 4 is 11.2 Å². The molecule has 0 aromatic carbocycles. The molecule has 5 rings (SSSR count). The first-order chi connectivity index (χ1) is 12.2. The SMILES string of the molecule is CN(c1cc(-c2cnn(C)c2)cn2nccc12)C1CCC2CNCC21. The van der Waals surface area contributed by atoms with Gasteiger partial charge in [-0.25, -0.2) is 4.52 Å². The molecule has 2 fully saturated rings. The van der Waals surface area contributed by atoms with Crippen molar-refractivity contribution in [1.82, 2.24) is 24.7 Å². The molecule has 6 heteroatoms. The maximum atomic E-state index is 4.50. The minimum absolute atomic E-state index is 0.600. The van der Waals surface area contributed by atoms with Crippen LogP contribution in [0.4, 0.5) is 5.69 Å². The first-order valence-corrected chi connectivity index (χ1v) is 9.10. The zero-order valence-corrected chi connectivity index (χ0v) is 14.8. The molecule has 25 heavy (non-hydrogen) atoms. The van der Waals surface area contributed by atoms with Crippen molar-refractivity contribution in [2.24, 2.45) is 18.9 Å². The van der Waals surface area contributed by atoms with Crippen molar-refractivity contribution in [2.75, 3.05) is 25.0 Å². The monoisotopic (exact) mass is 336 g/mol. The van der Waals surface area contributed by atoms with E-state index in [1.54, 1.807) is 0 Å². The van der Waals surface area contributed by atoms with E-state index in [0.717, 1.165) is 29.5 Å². The van der Waals surface area contributed by atoms with E-state index in [2.05, 4.69) is 52.0 Å². The number of nitrogens with one attached hydrogen (secondary N) is 1. The zero-order valence-electron chi connectivity index (χ0n) is 14.8. The Morgan fingerprint density at radius 1 is 1.16 bits per heavy atom. The minimum Gasteiger partial charge on any atom is -0.370 e. The highest BCUT2D eigenvalue weighted by Gasteiger charge is 2.41. The second-order valence-electron chi connectivity index (χ2n) is 7.52. The number of anilines is 1. The summed E-state index contributed by atoms with van der Waals surface area (Å²) in [5, 5.41) is 12.4. The molecule has 3 unspecified atom stereocenters. The average molecular weight is 336 g/mol. The highest BCUT2D eigenvalue weighted by atomic mass is 15.3. The number of fused-ring (bicyclic) bond motifs is 2. The number of aryl methyl sites for hydroxylation is 1. The van der Waals surface area contributed by atoms with Crippen LogP contribution in [0.25, 0.3) is 16.6 Å². The Morgan fingerprint density at radius 3 is 2.92 bits per heavy atom. The van der Waals surface area contributed by atoms with Gasteiger partial charge in [0.25, 0.3) is 0 Å². The van der Waals surface area contributed by atoms with Crippen LogP contribution < -0.4 is 10.2 Å². The lowest BCUT2D eigenvalue weighted by molar-refractivity contribution is 0.441. The fourth-order valence-electron chi connectivity index (χ4n) is 4.80. The van der Waals surface area contributed by atoms with Crippen molar-refractivity contribution in [1.29, 1.82) is 0 Å². The molecule has 1 saturated heterocycles. The van der Waals surface area contributed by atoms with E-state index in [9.17, 15) is 0 Å². The predicted molar refractivity (Wildman–Crippen MR) is 98.7 cm³/mol. The Balaban J connectivity index is 1.58. The molecule has 1 saturated carbocycles. The maximum Gasteiger partial charge on any atom is 0.0895 e. The van der Waals surface area contributed by atoms with E-state index in [1.807, 2.05) is 28.6 Å². The second-order valence-corrected chi connectivity index (χ2v) is 7.52. The second kappa shape index (κ2) is 5.59. The molecule has 0 spiro atoms. The molecule has 1 N–H and O–H groups in total. The Hall–Kier alpha value is -2.34. The third kappa shape index (κ3) is 2.35. The largest absolute Gasteiger partial charge is 0.370 e. The molecule has 4 heterocycles. The number of nitrogens with zero attached hydrogens (tertiary/aromatic N) is 5. The molecule has 0 radical (unpaired) electrons. The summed E-state index contributed by atoms with van der Waals surface area (Å²) in [6, 6.07) is 5.00. The van der Waals surface area contributed by atoms with Gasteiger partial charge in [-0.2, -0.15) is 10.2 Å². The number of hydrogen-bond donors (Lipinski definition) is 1. The summed E-state index contributed by atoms with van der Waals surface area (Å²) in [5.74, 6) is 1.60. The summed E-state index contributed by atoms with van der Waals surface area (Å²) in [6.45, 7) is 2.34. The summed E-state index contributed by atoms with van der Waals surface area (Å²) in [6.07, 6.45) is 10.6. The quantitative estimate of drug-likeness (QED) is 0.796. The van der Waals surface area contributed by atoms with Gasteiger partial charge in [0, 0.05) is 50.2 Å². The highest BCUT2D eigenvalue weighted by Crippen LogP contribution is 2.40. The Morgan fingerprint density at radius 2 is 2.08 bits per heavy atom. The normalized spacial score (nSPS) is 25.6. The van der Waals surface area contributed by atoms with Gasteiger partial charge in [-0.1, -0.05) is 0 Å². The third-order valence-corrected chi connectivity index (χ3v) is 6.12. The van der Waals surface area contributed by atoms with E-state index in [0.29, 0.717) is 6.04 Å². The van der Waals surface area contributed by atoms with Gasteiger partial charge in [0.2, 0.25) is 0 Å². The van der Waals surface area contributed by atoms with Crippen LogP contribution >= 0.6 is 0 Å². The topological polar surface area (TPSA) is 50.4 Å². The van der Waals surface area contributed by atoms with E-state index in [4.69, 9.17) is 0 Å². The van der Waals surface area contributed by atoms with Crippen molar-refractivity contribution in [3.63, 3.8) is 0 Å². The molecule has 130 valence electrons. The lowest BCUT2D eigenvalue weighted by Gasteiger charge is -2.31. The molecule has 1 aliphatic heterocycles. The third-order valence-electron chi connectivity index (χ3n) is 6.12. The summed E-state index contributed by atoms with van der Waals surface area (Å²) >= 11 is 0. The van der Waals surface area contributed by atoms with E-state index >= 15 is 0 Å². The fraction of sp³-hybridized carbons (Fsp3) is 0.474. The summed E-state index contributed by atoms with van der Waals surface area (Å²) in [7, 11) is 4.20. The molecule has 2 aliphatic rings. The first-order valence-electron chi connectivity index (χ1n) is 9.10. The molecule has 3 aromatic heterocycles. The van der Waals surface area contributed by atoms with E-state index < -0.39 is 0 Å². The van der Waals surface area contributed by atoms with Crippen molar-refractivity contribution in [3.05, 3.63) is 36.9 Å². The van der Waals surface area contributed by atoms with Crippen molar-refractivity contribution in [3.8, 4) is 11.1 Å². The van der Waals surface area contributed by atoms with Gasteiger partial charge in [0.15, 0.2) is 0 Å². The number of aromatic nitrogens is 4. The highest BCUT2D eigenvalue weighted by molar-refractivity contribution is 5.79. The van der Waals surface area contributed by atoms with Gasteiger partial charge in [0.05, 0.1) is 23.6 Å². The Kier molecular flexibility index (Phi) is 3.35. The maximum absolute atomic E-state index is 4.50. The van der Waals surface area contributed by atoms with Crippen LogP contribution in [0.15, 0.2) is 36.9 Å². The molecule has 3 aromatic rings. The van der Waals surface area contributed by atoms with Gasteiger partial charge in [-0.15, -0.1) is 0 Å².